The third kappa shape index (κ3) is 6.29. The highest BCUT2D eigenvalue weighted by molar-refractivity contribution is 7.12. The van der Waals surface area contributed by atoms with Gasteiger partial charge < -0.3 is 19.7 Å². The monoisotopic (exact) mass is 390 g/mol. The van der Waals surface area contributed by atoms with Gasteiger partial charge in [-0.3, -0.25) is 9.59 Å². The number of nitrogens with one attached hydrogen (secondary N) is 1. The van der Waals surface area contributed by atoms with E-state index in [4.69, 9.17) is 9.47 Å². The second kappa shape index (κ2) is 10.6. The smallest absolute Gasteiger partial charge is 0.264 e. The van der Waals surface area contributed by atoms with E-state index in [-0.39, 0.29) is 18.4 Å². The molecule has 0 aliphatic carbocycles. The van der Waals surface area contributed by atoms with Crippen molar-refractivity contribution in [3.05, 3.63) is 46.2 Å². The minimum Gasteiger partial charge on any atom is -0.493 e. The molecule has 27 heavy (non-hydrogen) atoms. The average molecular weight is 391 g/mol. The van der Waals surface area contributed by atoms with Crippen LogP contribution in [0.5, 0.6) is 11.5 Å². The van der Waals surface area contributed by atoms with Crippen LogP contribution in [-0.2, 0) is 11.3 Å². The summed E-state index contributed by atoms with van der Waals surface area (Å²) in [6.07, 6.45) is 2.05. The van der Waals surface area contributed by atoms with E-state index in [1.54, 1.807) is 20.2 Å². The molecule has 2 aromatic rings. The highest BCUT2D eigenvalue weighted by Gasteiger charge is 2.15. The predicted molar refractivity (Wildman–Crippen MR) is 107 cm³/mol. The average Bonchev–Trinajstić information content (AvgIpc) is 3.21. The summed E-state index contributed by atoms with van der Waals surface area (Å²) < 4.78 is 11.1. The number of nitrogens with zero attached hydrogens (tertiary/aromatic N) is 1. The molecule has 0 spiro atoms. The van der Waals surface area contributed by atoms with Gasteiger partial charge in [0.05, 0.1) is 25.1 Å². The first-order valence-electron chi connectivity index (χ1n) is 8.90. The fraction of sp³-hybridized carbons (Fsp3) is 0.400. The summed E-state index contributed by atoms with van der Waals surface area (Å²) in [4.78, 5) is 26.3. The molecule has 0 saturated carbocycles. The number of hydrogen-bond acceptors (Lipinski definition) is 5. The van der Waals surface area contributed by atoms with Crippen LogP contribution < -0.4 is 14.8 Å². The molecule has 7 heteroatoms. The molecule has 0 aliphatic heterocycles. The molecule has 6 nitrogen and oxygen atoms in total. The molecule has 0 aliphatic rings. The number of hydrogen-bond donors (Lipinski definition) is 1. The van der Waals surface area contributed by atoms with Gasteiger partial charge in [-0.15, -0.1) is 11.3 Å². The highest BCUT2D eigenvalue weighted by Crippen LogP contribution is 2.28. The summed E-state index contributed by atoms with van der Waals surface area (Å²) in [5.41, 5.74) is 0.898. The van der Waals surface area contributed by atoms with Gasteiger partial charge in [0.2, 0.25) is 5.91 Å². The number of methoxy groups -OCH3 is 1. The van der Waals surface area contributed by atoms with Crippen LogP contribution in [-0.4, -0.2) is 44.0 Å². The zero-order valence-electron chi connectivity index (χ0n) is 16.0. The maximum Gasteiger partial charge on any atom is 0.264 e. The van der Waals surface area contributed by atoms with Crippen molar-refractivity contribution in [2.75, 3.05) is 27.3 Å². The first kappa shape index (κ1) is 20.8. The van der Waals surface area contributed by atoms with Gasteiger partial charge in [0, 0.05) is 13.6 Å². The normalized spacial score (nSPS) is 10.3. The van der Waals surface area contributed by atoms with E-state index in [1.165, 1.54) is 16.2 Å². The SMILES string of the molecule is CCCCOc1ccc(CNC(=O)CN(C)C(=O)c2cccs2)cc1OC. The molecule has 146 valence electrons. The van der Waals surface area contributed by atoms with E-state index in [0.29, 0.717) is 29.5 Å². The topological polar surface area (TPSA) is 67.9 Å². The lowest BCUT2D eigenvalue weighted by Gasteiger charge is -2.16. The Balaban J connectivity index is 1.86. The zero-order valence-corrected chi connectivity index (χ0v) is 16.8. The van der Waals surface area contributed by atoms with Crippen molar-refractivity contribution in [2.45, 2.75) is 26.3 Å². The lowest BCUT2D eigenvalue weighted by Crippen LogP contribution is -2.37. The third-order valence-electron chi connectivity index (χ3n) is 3.93. The Morgan fingerprint density at radius 2 is 2.04 bits per heavy atom. The molecule has 1 aromatic carbocycles. The van der Waals surface area contributed by atoms with Gasteiger partial charge in [-0.2, -0.15) is 0 Å². The molecule has 2 amide bonds. The predicted octanol–water partition coefficient (Wildman–Crippen LogP) is 3.32. The zero-order chi connectivity index (χ0) is 19.6. The second-order valence-electron chi connectivity index (χ2n) is 6.10. The van der Waals surface area contributed by atoms with Crippen LogP contribution in [0.4, 0.5) is 0 Å². The Hall–Kier alpha value is -2.54. The summed E-state index contributed by atoms with van der Waals surface area (Å²) in [7, 11) is 3.21. The third-order valence-corrected chi connectivity index (χ3v) is 4.79. The molecular formula is C20H26N2O4S. The molecule has 1 heterocycles. The van der Waals surface area contributed by atoms with Crippen LogP contribution in [0.25, 0.3) is 0 Å². The molecule has 0 bridgehead atoms. The van der Waals surface area contributed by atoms with Gasteiger partial charge in [-0.25, -0.2) is 0 Å². The van der Waals surface area contributed by atoms with Gasteiger partial charge >= 0.3 is 0 Å². The standard InChI is InChI=1S/C20H26N2O4S/c1-4-5-10-26-16-9-8-15(12-17(16)25-3)13-21-19(23)14-22(2)20(24)18-7-6-11-27-18/h6-9,11-12H,4-5,10,13-14H2,1-3H3,(H,21,23). The number of ether oxygens (including phenoxy) is 2. The quantitative estimate of drug-likeness (QED) is 0.632. The van der Waals surface area contributed by atoms with E-state index in [0.717, 1.165) is 18.4 Å². The molecule has 0 saturated heterocycles. The molecule has 1 aromatic heterocycles. The van der Waals surface area contributed by atoms with E-state index in [2.05, 4.69) is 12.2 Å². The summed E-state index contributed by atoms with van der Waals surface area (Å²) in [6.45, 7) is 3.11. The molecular weight excluding hydrogens is 364 g/mol. The number of carbonyl (C=O) groups excluding carboxylic acids is 2. The van der Waals surface area contributed by atoms with Crippen molar-refractivity contribution in [3.63, 3.8) is 0 Å². The number of benzene rings is 1. The van der Waals surface area contributed by atoms with E-state index in [9.17, 15) is 9.59 Å². The highest BCUT2D eigenvalue weighted by atomic mass is 32.1. The summed E-state index contributed by atoms with van der Waals surface area (Å²) in [5.74, 6) is 0.963. The van der Waals surface area contributed by atoms with Crippen LogP contribution >= 0.6 is 11.3 Å². The maximum absolute atomic E-state index is 12.2. The van der Waals surface area contributed by atoms with E-state index >= 15 is 0 Å². The second-order valence-corrected chi connectivity index (χ2v) is 7.05. The van der Waals surface area contributed by atoms with Crippen molar-refractivity contribution in [2.24, 2.45) is 0 Å². The van der Waals surface area contributed by atoms with Crippen molar-refractivity contribution in [3.8, 4) is 11.5 Å². The molecule has 1 N–H and O–H groups in total. The van der Waals surface area contributed by atoms with Crippen molar-refractivity contribution >= 4 is 23.2 Å². The van der Waals surface area contributed by atoms with Crippen LogP contribution in [0.1, 0.15) is 35.0 Å². The van der Waals surface area contributed by atoms with Crippen LogP contribution in [0, 0.1) is 0 Å². The summed E-state index contributed by atoms with van der Waals surface area (Å²) >= 11 is 1.36. The van der Waals surface area contributed by atoms with Crippen LogP contribution in [0.15, 0.2) is 35.7 Å². The number of carbonyl (C=O) groups is 2. The number of rotatable bonds is 10. The van der Waals surface area contributed by atoms with Gasteiger partial charge in [-0.1, -0.05) is 25.5 Å². The molecule has 0 fully saturated rings. The van der Waals surface area contributed by atoms with Gasteiger partial charge in [0.15, 0.2) is 11.5 Å². The lowest BCUT2D eigenvalue weighted by molar-refractivity contribution is -0.121. The van der Waals surface area contributed by atoms with Gasteiger partial charge in [0.1, 0.15) is 0 Å². The number of amides is 2. The maximum atomic E-state index is 12.2. The van der Waals surface area contributed by atoms with Crippen LogP contribution in [0.3, 0.4) is 0 Å². The largest absolute Gasteiger partial charge is 0.493 e. The number of unbranched alkanes of at least 4 members (excludes halogenated alkanes) is 1. The van der Waals surface area contributed by atoms with Crippen molar-refractivity contribution in [1.29, 1.82) is 0 Å². The molecule has 0 atom stereocenters. The van der Waals surface area contributed by atoms with Crippen molar-refractivity contribution < 1.29 is 19.1 Å². The van der Waals surface area contributed by atoms with Gasteiger partial charge in [-0.05, 0) is 35.6 Å². The summed E-state index contributed by atoms with van der Waals surface area (Å²) in [6, 6.07) is 9.15. The molecule has 2 rings (SSSR count). The molecule has 0 unspecified atom stereocenters. The van der Waals surface area contributed by atoms with Crippen molar-refractivity contribution in [1.82, 2.24) is 10.2 Å². The first-order valence-corrected chi connectivity index (χ1v) is 9.78. The molecule has 0 radical (unpaired) electrons. The lowest BCUT2D eigenvalue weighted by atomic mass is 10.2. The number of likely N-dealkylation sites (N-methyl/N-ethyl adjacent to an activating group) is 1. The Bertz CT molecular complexity index is 746. The van der Waals surface area contributed by atoms with Gasteiger partial charge in [0.25, 0.3) is 5.91 Å². The number of thiophene rings is 1. The summed E-state index contributed by atoms with van der Waals surface area (Å²) in [5, 5.41) is 4.66. The first-order chi connectivity index (χ1) is 13.0. The fourth-order valence-corrected chi connectivity index (χ4v) is 3.12. The fourth-order valence-electron chi connectivity index (χ4n) is 2.40. The van der Waals surface area contributed by atoms with Crippen LogP contribution in [0.2, 0.25) is 0 Å². The van der Waals surface area contributed by atoms with E-state index in [1.807, 2.05) is 29.6 Å². The Kier molecular flexibility index (Phi) is 8.13. The Labute approximate surface area is 164 Å². The Morgan fingerprint density at radius 3 is 2.70 bits per heavy atom. The minimum atomic E-state index is -0.218. The minimum absolute atomic E-state index is 0.00603. The Morgan fingerprint density at radius 1 is 1.22 bits per heavy atom. The van der Waals surface area contributed by atoms with E-state index < -0.39 is 0 Å².